The molecule has 0 unspecified atom stereocenters. The molecule has 0 atom stereocenters. The average Bonchev–Trinajstić information content (AvgIpc) is 3.12. The lowest BCUT2D eigenvalue weighted by atomic mass is 10.1. The van der Waals surface area contributed by atoms with Crippen LogP contribution >= 0.6 is 11.6 Å². The first-order chi connectivity index (χ1) is 13.1. The summed E-state index contributed by atoms with van der Waals surface area (Å²) in [6, 6.07) is 17.7. The predicted molar refractivity (Wildman–Crippen MR) is 109 cm³/mol. The fourth-order valence-electron chi connectivity index (χ4n) is 3.49. The average molecular weight is 378 g/mol. The fraction of sp³-hybridized carbons (Fsp3) is 0.182. The van der Waals surface area contributed by atoms with Gasteiger partial charge in [0.15, 0.2) is 0 Å². The first kappa shape index (κ1) is 17.6. The molecule has 1 aromatic heterocycles. The van der Waals surface area contributed by atoms with Crippen molar-refractivity contribution in [3.05, 3.63) is 76.4 Å². The molecule has 3 N–H and O–H groups in total. The molecule has 4 nitrogen and oxygen atoms in total. The van der Waals surface area contributed by atoms with Gasteiger partial charge in [-0.15, -0.1) is 0 Å². The van der Waals surface area contributed by atoms with Crippen molar-refractivity contribution in [2.45, 2.75) is 25.7 Å². The van der Waals surface area contributed by atoms with Crippen molar-refractivity contribution in [2.75, 3.05) is 5.32 Å². The molecule has 0 aliphatic heterocycles. The zero-order valence-corrected chi connectivity index (χ0v) is 15.6. The standard InChI is InChI=1S/C22H20ClN3O/c23-16-8-6-15(7-9-16)20-13-21(18-2-1-3-19(18)26-20)25-17-10-4-14(5-11-17)12-22(24)27/h4-11,13H,1-3,12H2,(H2,24,27)(H,25,26). The zero-order chi connectivity index (χ0) is 18.8. The van der Waals surface area contributed by atoms with Gasteiger partial charge in [0.05, 0.1) is 12.1 Å². The number of halogens is 1. The number of anilines is 2. The Morgan fingerprint density at radius 3 is 2.52 bits per heavy atom. The Balaban J connectivity index is 1.65. The number of aryl methyl sites for hydroxylation is 1. The van der Waals surface area contributed by atoms with Crippen LogP contribution in [0, 0.1) is 0 Å². The quantitative estimate of drug-likeness (QED) is 0.679. The third kappa shape index (κ3) is 3.96. The number of amides is 1. The van der Waals surface area contributed by atoms with Gasteiger partial charge in [-0.25, -0.2) is 0 Å². The Labute approximate surface area is 163 Å². The van der Waals surface area contributed by atoms with E-state index >= 15 is 0 Å². The summed E-state index contributed by atoms with van der Waals surface area (Å²) in [5.41, 5.74) is 12.7. The highest BCUT2D eigenvalue weighted by molar-refractivity contribution is 6.30. The third-order valence-corrected chi connectivity index (χ3v) is 5.05. The molecule has 1 heterocycles. The molecule has 1 aliphatic carbocycles. The molecule has 0 radical (unpaired) electrons. The minimum absolute atomic E-state index is 0.256. The second-order valence-electron chi connectivity index (χ2n) is 6.81. The van der Waals surface area contributed by atoms with Crippen LogP contribution < -0.4 is 11.1 Å². The van der Waals surface area contributed by atoms with Crippen molar-refractivity contribution in [3.63, 3.8) is 0 Å². The minimum Gasteiger partial charge on any atom is -0.369 e. The van der Waals surface area contributed by atoms with Crippen molar-refractivity contribution >= 4 is 28.9 Å². The van der Waals surface area contributed by atoms with E-state index in [1.165, 1.54) is 5.56 Å². The second-order valence-corrected chi connectivity index (χ2v) is 7.24. The molecule has 0 bridgehead atoms. The molecular weight excluding hydrogens is 358 g/mol. The van der Waals surface area contributed by atoms with Gasteiger partial charge in [0.25, 0.3) is 0 Å². The van der Waals surface area contributed by atoms with Gasteiger partial charge in [0.2, 0.25) is 5.91 Å². The SMILES string of the molecule is NC(=O)Cc1ccc(Nc2cc(-c3ccc(Cl)cc3)nc3c2CCC3)cc1. The van der Waals surface area contributed by atoms with E-state index in [2.05, 4.69) is 11.4 Å². The largest absolute Gasteiger partial charge is 0.369 e. The van der Waals surface area contributed by atoms with E-state index in [4.69, 9.17) is 22.3 Å². The van der Waals surface area contributed by atoms with Crippen LogP contribution in [-0.2, 0) is 24.1 Å². The maximum Gasteiger partial charge on any atom is 0.221 e. The van der Waals surface area contributed by atoms with E-state index in [1.54, 1.807) is 0 Å². The number of pyridine rings is 1. The number of carbonyl (C=O) groups excluding carboxylic acids is 1. The van der Waals surface area contributed by atoms with E-state index in [0.717, 1.165) is 53.2 Å². The number of nitrogens with zero attached hydrogens (tertiary/aromatic N) is 1. The number of primary amides is 1. The molecule has 27 heavy (non-hydrogen) atoms. The number of carbonyl (C=O) groups is 1. The van der Waals surface area contributed by atoms with E-state index in [1.807, 2.05) is 48.5 Å². The van der Waals surface area contributed by atoms with Crippen LogP contribution in [0.3, 0.4) is 0 Å². The van der Waals surface area contributed by atoms with Crippen LogP contribution in [0.5, 0.6) is 0 Å². The van der Waals surface area contributed by atoms with E-state index in [-0.39, 0.29) is 12.3 Å². The number of hydrogen-bond donors (Lipinski definition) is 2. The van der Waals surface area contributed by atoms with Gasteiger partial charge in [-0.3, -0.25) is 9.78 Å². The van der Waals surface area contributed by atoms with Crippen molar-refractivity contribution in [1.29, 1.82) is 0 Å². The van der Waals surface area contributed by atoms with E-state index < -0.39 is 0 Å². The van der Waals surface area contributed by atoms with Crippen LogP contribution in [-0.4, -0.2) is 10.9 Å². The molecule has 1 amide bonds. The molecule has 5 heteroatoms. The predicted octanol–water partition coefficient (Wildman–Crippen LogP) is 4.66. The molecule has 0 saturated heterocycles. The highest BCUT2D eigenvalue weighted by Gasteiger charge is 2.18. The number of hydrogen-bond acceptors (Lipinski definition) is 3. The number of nitrogens with two attached hydrogens (primary N) is 1. The summed E-state index contributed by atoms with van der Waals surface area (Å²) in [4.78, 5) is 15.9. The van der Waals surface area contributed by atoms with Gasteiger partial charge in [-0.2, -0.15) is 0 Å². The lowest BCUT2D eigenvalue weighted by Gasteiger charge is -2.14. The summed E-state index contributed by atoms with van der Waals surface area (Å²) < 4.78 is 0. The molecular formula is C22H20ClN3O. The number of aromatic nitrogens is 1. The third-order valence-electron chi connectivity index (χ3n) is 4.80. The molecule has 1 aliphatic rings. The number of benzene rings is 2. The van der Waals surface area contributed by atoms with Crippen LogP contribution in [0.2, 0.25) is 5.02 Å². The van der Waals surface area contributed by atoms with E-state index in [0.29, 0.717) is 5.02 Å². The summed E-state index contributed by atoms with van der Waals surface area (Å²) in [6.07, 6.45) is 3.42. The van der Waals surface area contributed by atoms with Gasteiger partial charge in [0, 0.05) is 27.7 Å². The summed E-state index contributed by atoms with van der Waals surface area (Å²) in [7, 11) is 0. The number of rotatable bonds is 5. The monoisotopic (exact) mass is 377 g/mol. The fourth-order valence-corrected chi connectivity index (χ4v) is 3.61. The van der Waals surface area contributed by atoms with Crippen molar-refractivity contribution in [2.24, 2.45) is 5.73 Å². The highest BCUT2D eigenvalue weighted by Crippen LogP contribution is 2.34. The van der Waals surface area contributed by atoms with Crippen LogP contribution in [0.1, 0.15) is 23.2 Å². The van der Waals surface area contributed by atoms with Crippen molar-refractivity contribution in [3.8, 4) is 11.3 Å². The summed E-state index contributed by atoms with van der Waals surface area (Å²) in [6.45, 7) is 0. The van der Waals surface area contributed by atoms with Gasteiger partial charge in [-0.1, -0.05) is 35.9 Å². The molecule has 0 saturated carbocycles. The molecule has 0 fully saturated rings. The Kier molecular flexibility index (Phi) is 4.82. The molecule has 0 spiro atoms. The maximum absolute atomic E-state index is 11.1. The molecule has 136 valence electrons. The van der Waals surface area contributed by atoms with Gasteiger partial charge < -0.3 is 11.1 Å². The molecule has 4 rings (SSSR count). The van der Waals surface area contributed by atoms with E-state index in [9.17, 15) is 4.79 Å². The van der Waals surface area contributed by atoms with Gasteiger partial charge >= 0.3 is 0 Å². The van der Waals surface area contributed by atoms with Gasteiger partial charge in [-0.05, 0) is 60.7 Å². The normalized spacial score (nSPS) is 12.6. The van der Waals surface area contributed by atoms with Crippen LogP contribution in [0.15, 0.2) is 54.6 Å². The molecule has 3 aromatic rings. The lowest BCUT2D eigenvalue weighted by molar-refractivity contribution is -0.117. The highest BCUT2D eigenvalue weighted by atomic mass is 35.5. The summed E-state index contributed by atoms with van der Waals surface area (Å²) in [5, 5.41) is 4.24. The molecule has 2 aromatic carbocycles. The van der Waals surface area contributed by atoms with Crippen LogP contribution in [0.25, 0.3) is 11.3 Å². The summed E-state index contributed by atoms with van der Waals surface area (Å²) >= 11 is 6.01. The Bertz CT molecular complexity index is 982. The first-order valence-electron chi connectivity index (χ1n) is 9.01. The van der Waals surface area contributed by atoms with Crippen molar-refractivity contribution < 1.29 is 4.79 Å². The Morgan fingerprint density at radius 2 is 1.81 bits per heavy atom. The van der Waals surface area contributed by atoms with Gasteiger partial charge in [0.1, 0.15) is 0 Å². The Hall–Kier alpha value is -2.85. The summed E-state index contributed by atoms with van der Waals surface area (Å²) in [5.74, 6) is -0.324. The maximum atomic E-state index is 11.1. The lowest BCUT2D eigenvalue weighted by Crippen LogP contribution is -2.13. The van der Waals surface area contributed by atoms with Crippen LogP contribution in [0.4, 0.5) is 11.4 Å². The smallest absolute Gasteiger partial charge is 0.221 e. The topological polar surface area (TPSA) is 68.0 Å². The zero-order valence-electron chi connectivity index (χ0n) is 14.8. The first-order valence-corrected chi connectivity index (χ1v) is 9.39. The number of nitrogens with one attached hydrogen (secondary N) is 1. The Morgan fingerprint density at radius 1 is 1.07 bits per heavy atom. The second kappa shape index (κ2) is 7.41. The minimum atomic E-state index is -0.324. The van der Waals surface area contributed by atoms with Crippen molar-refractivity contribution in [1.82, 2.24) is 4.98 Å². The number of fused-ring (bicyclic) bond motifs is 1.